The number of carbonyl (C=O) groups excluding carboxylic acids is 2. The highest BCUT2D eigenvalue weighted by atomic mass is 35.5. The quantitative estimate of drug-likeness (QED) is 0.0980. The van der Waals surface area contributed by atoms with Gasteiger partial charge in [0.1, 0.15) is 24.2 Å². The summed E-state index contributed by atoms with van der Waals surface area (Å²) in [6.07, 6.45) is -4.86. The average Bonchev–Trinajstić information content (AvgIpc) is 3.00. The smallest absolute Gasteiger partial charge is 0.431 e. The van der Waals surface area contributed by atoms with Crippen LogP contribution in [0.3, 0.4) is 0 Å². The number of nitro benzene ring substituents is 1. The van der Waals surface area contributed by atoms with Gasteiger partial charge in [0.2, 0.25) is 0 Å². The van der Waals surface area contributed by atoms with Crippen molar-refractivity contribution in [1.82, 2.24) is 10.6 Å². The third-order valence-electron chi connectivity index (χ3n) is 6.95. The first-order valence-electron chi connectivity index (χ1n) is 14.7. The molecule has 47 heavy (non-hydrogen) atoms. The number of allylic oxidation sites excluding steroid dienone is 2. The van der Waals surface area contributed by atoms with Crippen molar-refractivity contribution < 1.29 is 47.0 Å². The van der Waals surface area contributed by atoms with Crippen LogP contribution < -0.4 is 15.4 Å². The minimum atomic E-state index is -5.04. The predicted molar refractivity (Wildman–Crippen MR) is 169 cm³/mol. The third kappa shape index (κ3) is 11.0. The highest BCUT2D eigenvalue weighted by Crippen LogP contribution is 2.44. The van der Waals surface area contributed by atoms with E-state index in [1.165, 1.54) is 26.0 Å². The van der Waals surface area contributed by atoms with Gasteiger partial charge in [-0.2, -0.15) is 13.2 Å². The molecule has 2 aromatic rings. The second-order valence-corrected chi connectivity index (χ2v) is 10.9. The Balaban J connectivity index is 0.00000768. The summed E-state index contributed by atoms with van der Waals surface area (Å²) >= 11 is 0. The first-order chi connectivity index (χ1) is 21.7. The Labute approximate surface area is 276 Å². The lowest BCUT2D eigenvalue weighted by molar-refractivity contribution is -0.384. The zero-order valence-corrected chi connectivity index (χ0v) is 27.2. The number of hydrogen-bond donors (Lipinski definition) is 3. The van der Waals surface area contributed by atoms with E-state index >= 15 is 0 Å². The number of nitrogens with zero attached hydrogens (tertiary/aromatic N) is 1. The van der Waals surface area contributed by atoms with E-state index in [1.807, 2.05) is 26.0 Å². The topological polar surface area (TPSA) is 149 Å². The SMILES string of the molecule is CCOC(=O)C1=C(C(F)(F)F)NC(C)=C(C(=O)OCCCc2ccc(OCC(O)CNC(C)C)cc2)C1c1cccc([N+](=O)[O-])c1.Cl. The number of non-ortho nitro benzene ring substituents is 1. The number of halogens is 4. The first kappa shape index (κ1) is 39.0. The molecule has 2 atom stereocenters. The summed E-state index contributed by atoms with van der Waals surface area (Å²) in [5.41, 5.74) is -2.47. The van der Waals surface area contributed by atoms with E-state index in [1.54, 1.807) is 12.1 Å². The number of alkyl halides is 3. The summed E-state index contributed by atoms with van der Waals surface area (Å²) in [7, 11) is 0. The molecule has 2 unspecified atom stereocenters. The molecule has 1 aliphatic rings. The number of nitrogens with one attached hydrogen (secondary N) is 2. The van der Waals surface area contributed by atoms with Gasteiger partial charge >= 0.3 is 18.1 Å². The fraction of sp³-hybridized carbons (Fsp3) is 0.438. The molecule has 258 valence electrons. The standard InChI is InChI=1S/C32H38F3N3O8.ClH/c1-5-44-31(41)28-27(22-9-6-10-23(16-22)38(42)43)26(20(4)37-29(28)32(33,34)35)30(40)45-15-7-8-21-11-13-25(14-12-21)46-18-24(39)17-36-19(2)3;/h6,9-14,16,19,24,27,36-37,39H,5,7-8,15,17-18H2,1-4H3;1H. The van der Waals surface area contributed by atoms with Crippen LogP contribution in [0, 0.1) is 10.1 Å². The molecule has 15 heteroatoms. The molecule has 0 saturated carbocycles. The molecule has 0 aliphatic carbocycles. The number of aliphatic hydroxyl groups excluding tert-OH is 1. The van der Waals surface area contributed by atoms with E-state index in [9.17, 15) is 38.0 Å². The zero-order valence-electron chi connectivity index (χ0n) is 26.4. The van der Waals surface area contributed by atoms with Crippen molar-refractivity contribution in [2.75, 3.05) is 26.4 Å². The molecule has 0 aromatic heterocycles. The van der Waals surface area contributed by atoms with Gasteiger partial charge in [-0.3, -0.25) is 10.1 Å². The summed E-state index contributed by atoms with van der Waals surface area (Å²) in [4.78, 5) is 37.1. The lowest BCUT2D eigenvalue weighted by Gasteiger charge is -2.32. The minimum Gasteiger partial charge on any atom is -0.491 e. The van der Waals surface area contributed by atoms with E-state index in [0.29, 0.717) is 25.1 Å². The summed E-state index contributed by atoms with van der Waals surface area (Å²) < 4.78 is 58.5. The highest BCUT2D eigenvalue weighted by Gasteiger charge is 2.47. The summed E-state index contributed by atoms with van der Waals surface area (Å²) in [6.45, 7) is 6.77. The average molecular weight is 686 g/mol. The molecule has 0 radical (unpaired) electrons. The van der Waals surface area contributed by atoms with E-state index in [2.05, 4.69) is 10.6 Å². The normalized spacial score (nSPS) is 15.5. The number of dihydropyridines is 1. The number of rotatable bonds is 15. The lowest BCUT2D eigenvalue weighted by Crippen LogP contribution is -2.38. The Bertz CT molecular complexity index is 1460. The Kier molecular flexibility index (Phi) is 14.7. The van der Waals surface area contributed by atoms with Crippen LogP contribution in [0.25, 0.3) is 0 Å². The number of ether oxygens (including phenoxy) is 3. The van der Waals surface area contributed by atoms with Crippen LogP contribution in [0.4, 0.5) is 18.9 Å². The summed E-state index contributed by atoms with van der Waals surface area (Å²) in [5.74, 6) is -3.40. The molecule has 3 N–H and O–H groups in total. The fourth-order valence-corrected chi connectivity index (χ4v) is 4.80. The molecule has 0 bridgehead atoms. The predicted octanol–water partition coefficient (Wildman–Crippen LogP) is 5.27. The Morgan fingerprint density at radius 2 is 1.74 bits per heavy atom. The van der Waals surface area contributed by atoms with Gasteiger partial charge in [-0.15, -0.1) is 12.4 Å². The number of carbonyl (C=O) groups is 2. The van der Waals surface area contributed by atoms with Gasteiger partial charge in [-0.1, -0.05) is 38.1 Å². The van der Waals surface area contributed by atoms with Crippen LogP contribution in [-0.2, 0) is 25.5 Å². The van der Waals surface area contributed by atoms with Crippen molar-refractivity contribution in [3.05, 3.63) is 92.3 Å². The molecule has 11 nitrogen and oxygen atoms in total. The van der Waals surface area contributed by atoms with Crippen LogP contribution in [0.15, 0.2) is 71.1 Å². The number of benzene rings is 2. The van der Waals surface area contributed by atoms with Crippen molar-refractivity contribution in [3.8, 4) is 5.75 Å². The Morgan fingerprint density at radius 1 is 1.09 bits per heavy atom. The Morgan fingerprint density at radius 3 is 2.34 bits per heavy atom. The van der Waals surface area contributed by atoms with Crippen LogP contribution in [0.2, 0.25) is 0 Å². The Hall–Kier alpha value is -4.14. The van der Waals surface area contributed by atoms with Gasteiger partial charge < -0.3 is 30.0 Å². The molecule has 0 amide bonds. The molecule has 1 heterocycles. The molecule has 3 rings (SSSR count). The maximum Gasteiger partial charge on any atom is 0.431 e. The summed E-state index contributed by atoms with van der Waals surface area (Å²) in [6, 6.07) is 12.1. The van der Waals surface area contributed by atoms with E-state index in [-0.39, 0.29) is 55.1 Å². The molecule has 1 aliphatic heterocycles. The maximum atomic E-state index is 14.2. The monoisotopic (exact) mass is 685 g/mol. The number of aliphatic hydroxyl groups is 1. The largest absolute Gasteiger partial charge is 0.491 e. The van der Waals surface area contributed by atoms with Gasteiger partial charge in [0.05, 0.1) is 35.2 Å². The number of esters is 2. The van der Waals surface area contributed by atoms with Crippen molar-refractivity contribution in [2.45, 2.75) is 64.8 Å². The van der Waals surface area contributed by atoms with Gasteiger partial charge in [0.25, 0.3) is 5.69 Å². The van der Waals surface area contributed by atoms with E-state index in [4.69, 9.17) is 14.2 Å². The fourth-order valence-electron chi connectivity index (χ4n) is 4.80. The second kappa shape index (κ2) is 17.7. The van der Waals surface area contributed by atoms with Crippen LogP contribution in [-0.4, -0.2) is 66.7 Å². The molecule has 0 saturated heterocycles. The van der Waals surface area contributed by atoms with Gasteiger partial charge in [0.15, 0.2) is 0 Å². The van der Waals surface area contributed by atoms with Crippen molar-refractivity contribution in [3.63, 3.8) is 0 Å². The molecule has 0 fully saturated rings. The lowest BCUT2D eigenvalue weighted by atomic mass is 9.80. The maximum absolute atomic E-state index is 14.2. The second-order valence-electron chi connectivity index (χ2n) is 10.9. The molecular weight excluding hydrogens is 647 g/mol. The van der Waals surface area contributed by atoms with Crippen LogP contribution in [0.1, 0.15) is 51.2 Å². The van der Waals surface area contributed by atoms with Crippen molar-refractivity contribution >= 4 is 30.0 Å². The van der Waals surface area contributed by atoms with Gasteiger partial charge in [-0.25, -0.2) is 9.59 Å². The van der Waals surface area contributed by atoms with Gasteiger partial charge in [-0.05, 0) is 49.9 Å². The molecule has 2 aromatic carbocycles. The number of hydrogen-bond acceptors (Lipinski definition) is 10. The van der Waals surface area contributed by atoms with Gasteiger partial charge in [0, 0.05) is 30.4 Å². The molecule has 0 spiro atoms. The minimum absolute atomic E-state index is 0. The van der Waals surface area contributed by atoms with Crippen molar-refractivity contribution in [2.24, 2.45) is 0 Å². The number of nitro groups is 1. The highest BCUT2D eigenvalue weighted by molar-refractivity contribution is 6.00. The summed E-state index contributed by atoms with van der Waals surface area (Å²) in [5, 5.41) is 26.7. The van der Waals surface area contributed by atoms with Crippen LogP contribution >= 0.6 is 12.4 Å². The zero-order chi connectivity index (χ0) is 34.0. The number of aryl methyl sites for hydroxylation is 1. The van der Waals surface area contributed by atoms with E-state index in [0.717, 1.165) is 17.7 Å². The third-order valence-corrected chi connectivity index (χ3v) is 6.95. The van der Waals surface area contributed by atoms with Crippen LogP contribution in [0.5, 0.6) is 5.75 Å². The first-order valence-corrected chi connectivity index (χ1v) is 14.7. The van der Waals surface area contributed by atoms with E-state index < -0.39 is 52.0 Å². The molecular formula is C32H39ClF3N3O8. The van der Waals surface area contributed by atoms with Crippen molar-refractivity contribution in [1.29, 1.82) is 0 Å².